The standard InChI is InChI=1S/C21H17N3O2S2/c1-21(2,3)26-20(25)24-15-8-6-5-7-13(15)17(14-9-10-27-19(14)22-4)18(24)16-11-23-12-28-16/h5-12H,1-3H3. The van der Waals surface area contributed by atoms with Crippen molar-refractivity contribution in [1.29, 1.82) is 0 Å². The molecule has 0 saturated carbocycles. The van der Waals surface area contributed by atoms with Gasteiger partial charge in [0.1, 0.15) is 5.60 Å². The molecular weight excluding hydrogens is 390 g/mol. The molecule has 1 aromatic carbocycles. The molecule has 0 atom stereocenters. The Bertz CT molecular complexity index is 1200. The van der Waals surface area contributed by atoms with Gasteiger partial charge in [-0.2, -0.15) is 11.3 Å². The van der Waals surface area contributed by atoms with Crippen LogP contribution in [0.3, 0.4) is 0 Å². The number of carbonyl (C=O) groups excluding carboxylic acids is 1. The lowest BCUT2D eigenvalue weighted by molar-refractivity contribution is 0.0547. The zero-order chi connectivity index (χ0) is 19.9. The van der Waals surface area contributed by atoms with E-state index >= 15 is 0 Å². The third-order valence-electron chi connectivity index (χ3n) is 4.13. The maximum Gasteiger partial charge on any atom is 0.419 e. The SMILES string of the molecule is [C-]#[N+]c1sccc1-c1c(-c2cncs2)n(C(=O)OC(C)(C)C)c2ccccc12. The first kappa shape index (κ1) is 18.4. The summed E-state index contributed by atoms with van der Waals surface area (Å²) in [5.41, 5.74) is 4.25. The van der Waals surface area contributed by atoms with Crippen molar-refractivity contribution in [3.8, 4) is 21.7 Å². The van der Waals surface area contributed by atoms with E-state index in [4.69, 9.17) is 11.3 Å². The van der Waals surface area contributed by atoms with Gasteiger partial charge in [-0.25, -0.2) is 14.2 Å². The number of rotatable bonds is 2. The van der Waals surface area contributed by atoms with Gasteiger partial charge in [0.05, 0.1) is 28.2 Å². The maximum atomic E-state index is 13.2. The third-order valence-corrected chi connectivity index (χ3v) is 5.72. The average Bonchev–Trinajstić information content (AvgIpc) is 3.36. The minimum absolute atomic E-state index is 0.446. The summed E-state index contributed by atoms with van der Waals surface area (Å²) >= 11 is 2.85. The Morgan fingerprint density at radius 2 is 2.00 bits per heavy atom. The summed E-state index contributed by atoms with van der Waals surface area (Å²) in [5, 5.41) is 3.40. The van der Waals surface area contributed by atoms with Crippen molar-refractivity contribution in [2.45, 2.75) is 26.4 Å². The highest BCUT2D eigenvalue weighted by atomic mass is 32.1. The second kappa shape index (κ2) is 6.89. The Balaban J connectivity index is 2.11. The molecule has 0 aliphatic rings. The molecule has 0 aliphatic carbocycles. The van der Waals surface area contributed by atoms with Gasteiger partial charge in [-0.05, 0) is 32.2 Å². The fourth-order valence-corrected chi connectivity index (χ4v) is 4.50. The van der Waals surface area contributed by atoms with Crippen LogP contribution in [-0.2, 0) is 4.74 Å². The molecule has 3 heterocycles. The van der Waals surface area contributed by atoms with Gasteiger partial charge in [0.2, 0.25) is 5.00 Å². The first-order chi connectivity index (χ1) is 13.4. The van der Waals surface area contributed by atoms with E-state index in [0.29, 0.717) is 10.7 Å². The molecule has 0 aliphatic heterocycles. The summed E-state index contributed by atoms with van der Waals surface area (Å²) in [6.07, 6.45) is 1.30. The van der Waals surface area contributed by atoms with Crippen LogP contribution in [0.1, 0.15) is 20.8 Å². The summed E-state index contributed by atoms with van der Waals surface area (Å²) in [5.74, 6) is 0. The highest BCUT2D eigenvalue weighted by molar-refractivity contribution is 7.15. The summed E-state index contributed by atoms with van der Waals surface area (Å²) in [4.78, 5) is 21.9. The monoisotopic (exact) mass is 407 g/mol. The lowest BCUT2D eigenvalue weighted by Gasteiger charge is -2.21. The lowest BCUT2D eigenvalue weighted by atomic mass is 10.0. The van der Waals surface area contributed by atoms with Gasteiger partial charge in [0.25, 0.3) is 0 Å². The van der Waals surface area contributed by atoms with Crippen molar-refractivity contribution in [2.24, 2.45) is 0 Å². The zero-order valence-electron chi connectivity index (χ0n) is 15.6. The van der Waals surface area contributed by atoms with Gasteiger partial charge in [-0.1, -0.05) is 24.3 Å². The third kappa shape index (κ3) is 3.11. The summed E-state index contributed by atoms with van der Waals surface area (Å²) in [6, 6.07) is 9.64. The number of para-hydroxylation sites is 1. The largest absolute Gasteiger partial charge is 0.443 e. The van der Waals surface area contributed by atoms with Gasteiger partial charge in [-0.15, -0.1) is 11.3 Å². The number of nitrogens with zero attached hydrogens (tertiary/aromatic N) is 3. The van der Waals surface area contributed by atoms with E-state index in [9.17, 15) is 4.79 Å². The number of thiazole rings is 1. The average molecular weight is 408 g/mol. The quantitative estimate of drug-likeness (QED) is 0.342. The minimum Gasteiger partial charge on any atom is -0.443 e. The molecule has 140 valence electrons. The number of ether oxygens (including phenoxy) is 1. The molecule has 0 amide bonds. The molecule has 0 N–H and O–H groups in total. The van der Waals surface area contributed by atoms with E-state index < -0.39 is 11.7 Å². The van der Waals surface area contributed by atoms with Gasteiger partial charge in [-0.3, -0.25) is 4.98 Å². The van der Waals surface area contributed by atoms with Crippen LogP contribution in [0.25, 0.3) is 37.4 Å². The van der Waals surface area contributed by atoms with Crippen molar-refractivity contribution in [2.75, 3.05) is 0 Å². The second-order valence-corrected chi connectivity index (χ2v) is 8.95. The molecule has 5 nitrogen and oxygen atoms in total. The number of carbonyl (C=O) groups is 1. The van der Waals surface area contributed by atoms with E-state index in [2.05, 4.69) is 9.83 Å². The van der Waals surface area contributed by atoms with Crippen LogP contribution >= 0.6 is 22.7 Å². The topological polar surface area (TPSA) is 48.5 Å². The van der Waals surface area contributed by atoms with Gasteiger partial charge in [0, 0.05) is 22.7 Å². The van der Waals surface area contributed by atoms with Gasteiger partial charge < -0.3 is 4.74 Å². The van der Waals surface area contributed by atoms with Crippen molar-refractivity contribution in [3.63, 3.8) is 0 Å². The highest BCUT2D eigenvalue weighted by Gasteiger charge is 2.28. The smallest absolute Gasteiger partial charge is 0.419 e. The number of hydrogen-bond donors (Lipinski definition) is 0. The fourth-order valence-electron chi connectivity index (χ4n) is 3.15. The van der Waals surface area contributed by atoms with Crippen molar-refractivity contribution >= 4 is 44.7 Å². The first-order valence-electron chi connectivity index (χ1n) is 8.61. The molecule has 0 fully saturated rings. The molecule has 0 bridgehead atoms. The van der Waals surface area contributed by atoms with Crippen LogP contribution in [0, 0.1) is 6.57 Å². The first-order valence-corrected chi connectivity index (χ1v) is 10.4. The molecule has 0 saturated heterocycles. The normalized spacial score (nSPS) is 11.5. The fraction of sp³-hybridized carbons (Fsp3) is 0.190. The number of benzene rings is 1. The van der Waals surface area contributed by atoms with Crippen molar-refractivity contribution in [1.82, 2.24) is 9.55 Å². The number of thiophene rings is 1. The Morgan fingerprint density at radius 1 is 1.21 bits per heavy atom. The van der Waals surface area contributed by atoms with E-state index in [-0.39, 0.29) is 0 Å². The predicted octanol–water partition coefficient (Wildman–Crippen LogP) is 6.83. The van der Waals surface area contributed by atoms with Gasteiger partial charge >= 0.3 is 6.09 Å². The Kier molecular flexibility index (Phi) is 4.53. The highest BCUT2D eigenvalue weighted by Crippen LogP contribution is 2.47. The molecule has 28 heavy (non-hydrogen) atoms. The minimum atomic E-state index is -0.627. The number of hydrogen-bond acceptors (Lipinski definition) is 5. The molecule has 0 spiro atoms. The van der Waals surface area contributed by atoms with E-state index in [1.807, 2.05) is 56.5 Å². The number of aromatic nitrogens is 2. The zero-order valence-corrected chi connectivity index (χ0v) is 17.2. The number of fused-ring (bicyclic) bond motifs is 1. The molecule has 4 aromatic rings. The van der Waals surface area contributed by atoms with E-state index in [1.54, 1.807) is 16.3 Å². The van der Waals surface area contributed by atoms with Crippen LogP contribution in [0.2, 0.25) is 0 Å². The summed E-state index contributed by atoms with van der Waals surface area (Å²) < 4.78 is 7.31. The van der Waals surface area contributed by atoms with Crippen LogP contribution in [0.15, 0.2) is 47.4 Å². The molecule has 7 heteroatoms. The Labute approximate surface area is 170 Å². The molecule has 0 unspecified atom stereocenters. The van der Waals surface area contributed by atoms with E-state index in [1.165, 1.54) is 22.7 Å². The Hall–Kier alpha value is -2.95. The molecule has 0 radical (unpaired) electrons. The van der Waals surface area contributed by atoms with Crippen molar-refractivity contribution < 1.29 is 9.53 Å². The van der Waals surface area contributed by atoms with Crippen LogP contribution in [-0.4, -0.2) is 21.2 Å². The van der Waals surface area contributed by atoms with Crippen molar-refractivity contribution in [3.05, 3.63) is 58.8 Å². The predicted molar refractivity (Wildman–Crippen MR) is 114 cm³/mol. The Morgan fingerprint density at radius 3 is 2.68 bits per heavy atom. The summed E-state index contributed by atoms with van der Waals surface area (Å²) in [6.45, 7) is 13.1. The molecule has 3 aromatic heterocycles. The second-order valence-electron chi connectivity index (χ2n) is 7.17. The molecular formula is C21H17N3O2S2. The van der Waals surface area contributed by atoms with Crippen LogP contribution in [0.4, 0.5) is 9.80 Å². The van der Waals surface area contributed by atoms with Crippen LogP contribution < -0.4 is 0 Å². The van der Waals surface area contributed by atoms with E-state index in [0.717, 1.165) is 26.9 Å². The summed E-state index contributed by atoms with van der Waals surface area (Å²) in [7, 11) is 0. The lowest BCUT2D eigenvalue weighted by Crippen LogP contribution is -2.27. The van der Waals surface area contributed by atoms with Gasteiger partial charge in [0.15, 0.2) is 0 Å². The molecule has 4 rings (SSSR count). The maximum absolute atomic E-state index is 13.2. The van der Waals surface area contributed by atoms with Crippen LogP contribution in [0.5, 0.6) is 0 Å².